The third-order valence-electron chi connectivity index (χ3n) is 3.52. The van der Waals surface area contributed by atoms with Crippen molar-refractivity contribution < 1.29 is 14.7 Å². The lowest BCUT2D eigenvalue weighted by molar-refractivity contribution is -0.149. The van der Waals surface area contributed by atoms with Crippen molar-refractivity contribution >= 4 is 24.5 Å². The fourth-order valence-corrected chi connectivity index (χ4v) is 2.65. The zero-order chi connectivity index (χ0) is 14.0. The molecule has 1 fully saturated rings. The molecule has 6 nitrogen and oxygen atoms in total. The van der Waals surface area contributed by atoms with Gasteiger partial charge in [0.1, 0.15) is 6.04 Å². The molecule has 0 radical (unpaired) electrons. The molecule has 104 valence electrons. The van der Waals surface area contributed by atoms with Gasteiger partial charge in [0.05, 0.1) is 17.5 Å². The number of thiol groups is 1. The molecule has 0 spiro atoms. The quantitative estimate of drug-likeness (QED) is 0.722. The van der Waals surface area contributed by atoms with Crippen molar-refractivity contribution in [2.75, 3.05) is 6.54 Å². The van der Waals surface area contributed by atoms with E-state index in [2.05, 4.69) is 22.6 Å². The van der Waals surface area contributed by atoms with Crippen molar-refractivity contribution in [1.82, 2.24) is 14.9 Å². The van der Waals surface area contributed by atoms with Crippen molar-refractivity contribution in [3.05, 3.63) is 18.2 Å². The number of aromatic amines is 1. The summed E-state index contributed by atoms with van der Waals surface area (Å²) in [5, 5.41) is 8.79. The number of aromatic nitrogens is 2. The van der Waals surface area contributed by atoms with Gasteiger partial charge in [0.15, 0.2) is 0 Å². The summed E-state index contributed by atoms with van der Waals surface area (Å²) < 4.78 is 0. The number of carboxylic acids is 1. The maximum atomic E-state index is 12.4. The van der Waals surface area contributed by atoms with Gasteiger partial charge in [0.2, 0.25) is 5.91 Å². The second-order valence-electron chi connectivity index (χ2n) is 4.77. The second-order valence-corrected chi connectivity index (χ2v) is 5.32. The van der Waals surface area contributed by atoms with Gasteiger partial charge in [-0.1, -0.05) is 6.92 Å². The zero-order valence-corrected chi connectivity index (χ0v) is 11.5. The lowest BCUT2D eigenvalue weighted by atomic mass is 10.0. The minimum atomic E-state index is -0.935. The number of carbonyl (C=O) groups is 2. The van der Waals surface area contributed by atoms with Crippen LogP contribution in [0.3, 0.4) is 0 Å². The number of likely N-dealkylation sites (tertiary alicyclic amines) is 1. The van der Waals surface area contributed by atoms with E-state index in [9.17, 15) is 9.59 Å². The number of carboxylic acid groups (broad SMARTS) is 1. The second kappa shape index (κ2) is 5.64. The molecule has 0 bridgehead atoms. The number of nitrogens with zero attached hydrogens (tertiary/aromatic N) is 2. The summed E-state index contributed by atoms with van der Waals surface area (Å²) in [6.45, 7) is 2.27. The average Bonchev–Trinajstić information content (AvgIpc) is 3.06. The highest BCUT2D eigenvalue weighted by atomic mass is 32.1. The largest absolute Gasteiger partial charge is 0.480 e. The molecule has 3 atom stereocenters. The van der Waals surface area contributed by atoms with E-state index in [1.165, 1.54) is 11.2 Å². The Kier molecular flexibility index (Phi) is 4.14. The number of amides is 1. The van der Waals surface area contributed by atoms with Crippen LogP contribution in [-0.2, 0) is 9.59 Å². The van der Waals surface area contributed by atoms with Crippen LogP contribution in [0, 0.1) is 5.92 Å². The van der Waals surface area contributed by atoms with E-state index >= 15 is 0 Å². The molecular weight excluding hydrogens is 266 g/mol. The van der Waals surface area contributed by atoms with Crippen LogP contribution < -0.4 is 0 Å². The molecule has 1 aromatic rings. The lowest BCUT2D eigenvalue weighted by Crippen LogP contribution is -2.43. The summed E-state index contributed by atoms with van der Waals surface area (Å²) in [6.07, 6.45) is 4.41. The normalized spacial score (nSPS) is 22.2. The first-order valence-corrected chi connectivity index (χ1v) is 6.73. The molecule has 0 saturated carbocycles. The van der Waals surface area contributed by atoms with Gasteiger partial charge in [0.25, 0.3) is 0 Å². The topological polar surface area (TPSA) is 86.3 Å². The van der Waals surface area contributed by atoms with Gasteiger partial charge in [-0.3, -0.25) is 4.79 Å². The first kappa shape index (κ1) is 13.9. The van der Waals surface area contributed by atoms with Crippen molar-refractivity contribution in [2.45, 2.75) is 31.1 Å². The van der Waals surface area contributed by atoms with Gasteiger partial charge in [-0.2, -0.15) is 12.6 Å². The SMILES string of the molecule is CC(C(=O)N1CCC[C@H]1C(=O)O)C(S)c1cnc[nH]1. The van der Waals surface area contributed by atoms with E-state index in [1.807, 2.05) is 0 Å². The molecule has 1 amide bonds. The number of H-pyrrole nitrogens is 1. The molecule has 2 rings (SSSR count). The fraction of sp³-hybridized carbons (Fsp3) is 0.583. The average molecular weight is 283 g/mol. The van der Waals surface area contributed by atoms with E-state index in [0.29, 0.717) is 13.0 Å². The molecule has 0 aliphatic carbocycles. The minimum Gasteiger partial charge on any atom is -0.480 e. The standard InChI is InChI=1S/C12H17N3O3S/c1-7(10(19)8-5-13-6-14-8)11(16)15-4-2-3-9(15)12(17)18/h5-7,9-10,19H,2-4H2,1H3,(H,13,14)(H,17,18)/t7?,9-,10?/m0/s1. The molecule has 2 unspecified atom stereocenters. The molecule has 2 N–H and O–H groups in total. The van der Waals surface area contributed by atoms with E-state index in [0.717, 1.165) is 12.1 Å². The number of rotatable bonds is 4. The van der Waals surface area contributed by atoms with E-state index in [4.69, 9.17) is 5.11 Å². The van der Waals surface area contributed by atoms with Gasteiger partial charge in [-0.15, -0.1) is 0 Å². The van der Waals surface area contributed by atoms with Crippen molar-refractivity contribution in [3.63, 3.8) is 0 Å². The maximum Gasteiger partial charge on any atom is 0.326 e. The Morgan fingerprint density at radius 3 is 2.95 bits per heavy atom. The van der Waals surface area contributed by atoms with Crippen LogP contribution >= 0.6 is 12.6 Å². The van der Waals surface area contributed by atoms with Crippen LogP contribution in [0.4, 0.5) is 0 Å². The van der Waals surface area contributed by atoms with Gasteiger partial charge < -0.3 is 15.0 Å². The predicted molar refractivity (Wildman–Crippen MR) is 71.8 cm³/mol. The summed E-state index contributed by atoms with van der Waals surface area (Å²) in [5.41, 5.74) is 0.759. The highest BCUT2D eigenvalue weighted by molar-refractivity contribution is 7.80. The van der Waals surface area contributed by atoms with E-state index in [-0.39, 0.29) is 11.2 Å². The fourth-order valence-electron chi connectivity index (χ4n) is 2.38. The third kappa shape index (κ3) is 2.75. The Bertz CT molecular complexity index is 463. The Hall–Kier alpha value is -1.50. The minimum absolute atomic E-state index is 0.167. The Morgan fingerprint density at radius 1 is 1.63 bits per heavy atom. The number of imidazole rings is 1. The number of aliphatic carboxylic acids is 1. The highest BCUT2D eigenvalue weighted by Crippen LogP contribution is 2.30. The van der Waals surface area contributed by atoms with Gasteiger partial charge in [-0.05, 0) is 12.8 Å². The molecule has 1 saturated heterocycles. The summed E-state index contributed by atoms with van der Waals surface area (Å²) in [4.78, 5) is 31.8. The smallest absolute Gasteiger partial charge is 0.326 e. The highest BCUT2D eigenvalue weighted by Gasteiger charge is 2.37. The van der Waals surface area contributed by atoms with E-state index < -0.39 is 17.9 Å². The monoisotopic (exact) mass is 283 g/mol. The van der Waals surface area contributed by atoms with Crippen molar-refractivity contribution in [3.8, 4) is 0 Å². The van der Waals surface area contributed by atoms with Crippen LogP contribution in [0.25, 0.3) is 0 Å². The predicted octanol–water partition coefficient (Wildman–Crippen LogP) is 1.09. The summed E-state index contributed by atoms with van der Waals surface area (Å²) in [5.74, 6) is -1.50. The molecule has 1 aliphatic rings. The molecule has 1 aliphatic heterocycles. The first-order valence-electron chi connectivity index (χ1n) is 6.22. The summed E-state index contributed by atoms with van der Waals surface area (Å²) in [7, 11) is 0. The molecule has 1 aromatic heterocycles. The third-order valence-corrected chi connectivity index (χ3v) is 4.25. The molecule has 7 heteroatoms. The number of nitrogens with one attached hydrogen (secondary N) is 1. The molecule has 19 heavy (non-hydrogen) atoms. The first-order chi connectivity index (χ1) is 9.02. The van der Waals surface area contributed by atoms with Gasteiger partial charge in [0, 0.05) is 18.4 Å². The lowest BCUT2D eigenvalue weighted by Gasteiger charge is -2.27. The number of hydrogen-bond acceptors (Lipinski definition) is 4. The van der Waals surface area contributed by atoms with Crippen LogP contribution in [0.5, 0.6) is 0 Å². The van der Waals surface area contributed by atoms with Gasteiger partial charge >= 0.3 is 5.97 Å². The van der Waals surface area contributed by atoms with E-state index in [1.54, 1.807) is 13.1 Å². The zero-order valence-electron chi connectivity index (χ0n) is 10.6. The summed E-state index contributed by atoms with van der Waals surface area (Å²) >= 11 is 4.43. The Labute approximate surface area is 116 Å². The van der Waals surface area contributed by atoms with Crippen molar-refractivity contribution in [2.24, 2.45) is 5.92 Å². The van der Waals surface area contributed by atoms with Crippen molar-refractivity contribution in [1.29, 1.82) is 0 Å². The Balaban J connectivity index is 2.08. The Morgan fingerprint density at radius 2 is 2.37 bits per heavy atom. The van der Waals surface area contributed by atoms with Crippen LogP contribution in [-0.4, -0.2) is 44.4 Å². The number of carbonyl (C=O) groups excluding carboxylic acids is 1. The number of hydrogen-bond donors (Lipinski definition) is 3. The molecular formula is C12H17N3O3S. The molecule has 2 heterocycles. The van der Waals surface area contributed by atoms with Crippen LogP contribution in [0.2, 0.25) is 0 Å². The van der Waals surface area contributed by atoms with Gasteiger partial charge in [-0.25, -0.2) is 9.78 Å². The van der Waals surface area contributed by atoms with Crippen LogP contribution in [0.1, 0.15) is 30.7 Å². The maximum absolute atomic E-state index is 12.4. The van der Waals surface area contributed by atoms with Crippen LogP contribution in [0.15, 0.2) is 12.5 Å². The summed E-state index contributed by atoms with van der Waals surface area (Å²) in [6, 6.07) is -0.697. The molecule has 0 aromatic carbocycles.